The zero-order chi connectivity index (χ0) is 22.1. The molecule has 1 N–H and O–H groups in total. The molecule has 2 aliphatic heterocycles. The fourth-order valence-electron chi connectivity index (χ4n) is 4.89. The highest BCUT2D eigenvalue weighted by Crippen LogP contribution is 2.42. The third-order valence-corrected chi connectivity index (χ3v) is 6.67. The van der Waals surface area contributed by atoms with Crippen molar-refractivity contribution in [3.8, 4) is 17.0 Å². The number of aliphatic hydroxyl groups excluding tert-OH is 1. The van der Waals surface area contributed by atoms with Crippen molar-refractivity contribution in [3.63, 3.8) is 0 Å². The topological polar surface area (TPSA) is 67.6 Å². The molecule has 0 radical (unpaired) electrons. The number of nitrogens with zero attached hydrogens (tertiary/aromatic N) is 3. The van der Waals surface area contributed by atoms with E-state index in [4.69, 9.17) is 4.74 Å². The second-order valence-electron chi connectivity index (χ2n) is 8.55. The summed E-state index contributed by atoms with van der Waals surface area (Å²) < 4.78 is 20.6. The second kappa shape index (κ2) is 8.74. The predicted octanol–water partition coefficient (Wildman–Crippen LogP) is 3.66. The lowest BCUT2D eigenvalue weighted by Crippen LogP contribution is -2.43. The van der Waals surface area contributed by atoms with Gasteiger partial charge in [-0.1, -0.05) is 24.3 Å². The van der Waals surface area contributed by atoms with E-state index in [1.807, 2.05) is 24.7 Å². The van der Waals surface area contributed by atoms with Crippen LogP contribution >= 0.6 is 0 Å². The molecular formula is C25H26FN3O3. The molecule has 0 bridgehead atoms. The van der Waals surface area contributed by atoms with E-state index in [0.717, 1.165) is 18.5 Å². The molecule has 3 heterocycles. The van der Waals surface area contributed by atoms with Gasteiger partial charge in [-0.2, -0.15) is 0 Å². The summed E-state index contributed by atoms with van der Waals surface area (Å²) in [7, 11) is 0. The third kappa shape index (κ3) is 4.00. The number of aromatic nitrogens is 2. The van der Waals surface area contributed by atoms with Crippen molar-refractivity contribution in [1.82, 2.24) is 14.5 Å². The second-order valence-corrected chi connectivity index (χ2v) is 8.55. The molecule has 5 rings (SSSR count). The van der Waals surface area contributed by atoms with Gasteiger partial charge in [0.25, 0.3) is 5.91 Å². The molecule has 1 saturated heterocycles. The number of amides is 1. The Morgan fingerprint density at radius 1 is 1.16 bits per heavy atom. The van der Waals surface area contributed by atoms with Gasteiger partial charge in [0.15, 0.2) is 6.61 Å². The van der Waals surface area contributed by atoms with Crippen LogP contribution in [0.15, 0.2) is 61.1 Å². The number of halogens is 1. The number of benzene rings is 2. The highest BCUT2D eigenvalue weighted by Gasteiger charge is 2.34. The first-order valence-electron chi connectivity index (χ1n) is 11.1. The number of imidazole rings is 1. The monoisotopic (exact) mass is 435 g/mol. The number of likely N-dealkylation sites (tertiary alicyclic amines) is 1. The first kappa shape index (κ1) is 20.7. The Bertz CT molecular complexity index is 1090. The molecule has 1 amide bonds. The van der Waals surface area contributed by atoms with Crippen LogP contribution in [0.3, 0.4) is 0 Å². The summed E-state index contributed by atoms with van der Waals surface area (Å²) in [5.74, 6) is 0.197. The Morgan fingerprint density at radius 2 is 1.91 bits per heavy atom. The molecular weight excluding hydrogens is 409 g/mol. The van der Waals surface area contributed by atoms with E-state index in [9.17, 15) is 14.3 Å². The van der Waals surface area contributed by atoms with Crippen molar-refractivity contribution >= 4 is 5.91 Å². The number of ether oxygens (including phenoxy) is 1. The Morgan fingerprint density at radius 3 is 2.69 bits per heavy atom. The van der Waals surface area contributed by atoms with Crippen LogP contribution in [0.25, 0.3) is 11.3 Å². The van der Waals surface area contributed by atoms with Crippen LogP contribution in [0, 0.1) is 11.7 Å². The lowest BCUT2D eigenvalue weighted by Gasteiger charge is -2.35. The van der Waals surface area contributed by atoms with Crippen molar-refractivity contribution in [2.24, 2.45) is 5.92 Å². The first-order valence-corrected chi connectivity index (χ1v) is 11.1. The SMILES string of the molecule is O=C(COc1ccc(F)cc1)N1CCC(C(O)CC2c3ccccc3-c3cncn32)CC1. The van der Waals surface area contributed by atoms with E-state index in [1.54, 1.807) is 4.90 Å². The smallest absolute Gasteiger partial charge is 0.260 e. The summed E-state index contributed by atoms with van der Waals surface area (Å²) >= 11 is 0. The maximum Gasteiger partial charge on any atom is 0.260 e. The number of hydrogen-bond donors (Lipinski definition) is 1. The molecule has 0 aliphatic carbocycles. The van der Waals surface area contributed by atoms with Crippen LogP contribution in [0.4, 0.5) is 4.39 Å². The summed E-state index contributed by atoms with van der Waals surface area (Å²) in [6.45, 7) is 1.14. The van der Waals surface area contributed by atoms with E-state index in [2.05, 4.69) is 21.7 Å². The van der Waals surface area contributed by atoms with Gasteiger partial charge in [-0.05, 0) is 55.0 Å². The standard InChI is InChI=1S/C25H26FN3O3/c26-18-5-7-19(8-6-18)32-15-25(31)28-11-9-17(10-12-28)24(30)13-22-20-3-1-2-4-21(20)23-14-27-16-29(22)23/h1-8,14,16-17,22,24,30H,9-13,15H2. The molecule has 166 valence electrons. The van der Waals surface area contributed by atoms with E-state index in [1.165, 1.54) is 35.4 Å². The first-order chi connectivity index (χ1) is 15.6. The van der Waals surface area contributed by atoms with E-state index in [-0.39, 0.29) is 30.3 Å². The Labute approximate surface area is 186 Å². The average molecular weight is 435 g/mol. The molecule has 2 atom stereocenters. The van der Waals surface area contributed by atoms with Crippen LogP contribution in [0.2, 0.25) is 0 Å². The van der Waals surface area contributed by atoms with E-state index < -0.39 is 6.10 Å². The molecule has 7 heteroatoms. The molecule has 0 spiro atoms. The largest absolute Gasteiger partial charge is 0.484 e. The van der Waals surface area contributed by atoms with Crippen LogP contribution in [-0.4, -0.2) is 51.3 Å². The fourth-order valence-corrected chi connectivity index (χ4v) is 4.89. The lowest BCUT2D eigenvalue weighted by atomic mass is 9.86. The molecule has 2 aromatic carbocycles. The minimum Gasteiger partial charge on any atom is -0.484 e. The third-order valence-electron chi connectivity index (χ3n) is 6.67. The van der Waals surface area contributed by atoms with E-state index in [0.29, 0.717) is 25.3 Å². The molecule has 0 saturated carbocycles. The highest BCUT2D eigenvalue weighted by atomic mass is 19.1. The van der Waals surface area contributed by atoms with Crippen molar-refractivity contribution < 1.29 is 19.0 Å². The van der Waals surface area contributed by atoms with Crippen LogP contribution in [-0.2, 0) is 4.79 Å². The van der Waals surface area contributed by atoms with Gasteiger partial charge in [-0.25, -0.2) is 9.37 Å². The van der Waals surface area contributed by atoms with Gasteiger partial charge in [0.05, 0.1) is 30.4 Å². The number of aliphatic hydroxyl groups is 1. The van der Waals surface area contributed by atoms with Gasteiger partial charge in [0.1, 0.15) is 11.6 Å². The van der Waals surface area contributed by atoms with Gasteiger partial charge in [-0.15, -0.1) is 0 Å². The summed E-state index contributed by atoms with van der Waals surface area (Å²) in [5.41, 5.74) is 3.51. The molecule has 6 nitrogen and oxygen atoms in total. The summed E-state index contributed by atoms with van der Waals surface area (Å²) in [6.07, 6.45) is 5.42. The van der Waals surface area contributed by atoms with Gasteiger partial charge < -0.3 is 19.3 Å². The summed E-state index contributed by atoms with van der Waals surface area (Å²) in [5, 5.41) is 11.0. The molecule has 2 unspecified atom stereocenters. The number of rotatable bonds is 6. The number of hydrogen-bond acceptors (Lipinski definition) is 4. The Balaban J connectivity index is 1.15. The molecule has 1 fully saturated rings. The number of carbonyl (C=O) groups is 1. The fraction of sp³-hybridized carbons (Fsp3) is 0.360. The zero-order valence-corrected chi connectivity index (χ0v) is 17.7. The number of fused-ring (bicyclic) bond motifs is 3. The van der Waals surface area contributed by atoms with Gasteiger partial charge in [0, 0.05) is 18.7 Å². The van der Waals surface area contributed by atoms with Crippen molar-refractivity contribution in [2.45, 2.75) is 31.4 Å². The summed E-state index contributed by atoms with van der Waals surface area (Å²) in [4.78, 5) is 18.6. The van der Waals surface area contributed by atoms with Gasteiger partial charge >= 0.3 is 0 Å². The van der Waals surface area contributed by atoms with E-state index >= 15 is 0 Å². The lowest BCUT2D eigenvalue weighted by molar-refractivity contribution is -0.135. The minimum atomic E-state index is -0.450. The normalized spacial score (nSPS) is 18.8. The number of carbonyl (C=O) groups excluding carboxylic acids is 1. The quantitative estimate of drug-likeness (QED) is 0.642. The molecule has 32 heavy (non-hydrogen) atoms. The zero-order valence-electron chi connectivity index (χ0n) is 17.7. The van der Waals surface area contributed by atoms with Crippen molar-refractivity contribution in [2.75, 3.05) is 19.7 Å². The summed E-state index contributed by atoms with van der Waals surface area (Å²) in [6, 6.07) is 14.0. The Hall–Kier alpha value is -3.19. The Kier molecular flexibility index (Phi) is 5.66. The van der Waals surface area contributed by atoms with Crippen LogP contribution in [0.1, 0.15) is 30.9 Å². The maximum atomic E-state index is 13.0. The number of piperidine rings is 1. The van der Waals surface area contributed by atoms with Gasteiger partial charge in [-0.3, -0.25) is 4.79 Å². The average Bonchev–Trinajstić information content (AvgIpc) is 3.41. The predicted molar refractivity (Wildman–Crippen MR) is 118 cm³/mol. The van der Waals surface area contributed by atoms with Crippen molar-refractivity contribution in [1.29, 1.82) is 0 Å². The highest BCUT2D eigenvalue weighted by molar-refractivity contribution is 5.77. The maximum absolute atomic E-state index is 13.0. The van der Waals surface area contributed by atoms with Gasteiger partial charge in [0.2, 0.25) is 0 Å². The minimum absolute atomic E-state index is 0.0683. The van der Waals surface area contributed by atoms with Crippen LogP contribution < -0.4 is 4.74 Å². The van der Waals surface area contributed by atoms with Crippen molar-refractivity contribution in [3.05, 3.63) is 72.4 Å². The molecule has 3 aromatic rings. The van der Waals surface area contributed by atoms with Crippen LogP contribution in [0.5, 0.6) is 5.75 Å². The molecule has 1 aromatic heterocycles. The molecule has 2 aliphatic rings.